The Kier molecular flexibility index (Phi) is 3.83. The van der Waals surface area contributed by atoms with Crippen molar-refractivity contribution in [3.8, 4) is 0 Å². The second-order valence-electron chi connectivity index (χ2n) is 6.01. The molecule has 0 aliphatic carbocycles. The summed E-state index contributed by atoms with van der Waals surface area (Å²) < 4.78 is 0. The summed E-state index contributed by atoms with van der Waals surface area (Å²) in [4.78, 5) is 18.3. The van der Waals surface area contributed by atoms with Crippen molar-refractivity contribution in [3.63, 3.8) is 0 Å². The number of carbonyl (C=O) groups is 1. The Bertz CT molecular complexity index is 497. The molecule has 0 radical (unpaired) electrons. The highest BCUT2D eigenvalue weighted by Crippen LogP contribution is 2.24. The molecule has 1 aliphatic rings. The van der Waals surface area contributed by atoms with Crippen molar-refractivity contribution in [2.75, 3.05) is 13.1 Å². The van der Waals surface area contributed by atoms with Gasteiger partial charge < -0.3 is 10.0 Å². The molecule has 1 saturated heterocycles. The van der Waals surface area contributed by atoms with Gasteiger partial charge in [0.2, 0.25) is 0 Å². The number of hydrogen-bond donors (Lipinski definition) is 1. The zero-order valence-electron chi connectivity index (χ0n) is 11.5. The van der Waals surface area contributed by atoms with Gasteiger partial charge in [-0.25, -0.2) is 4.98 Å². The summed E-state index contributed by atoms with van der Waals surface area (Å²) in [6.07, 6.45) is 0.222. The Morgan fingerprint density at radius 3 is 2.68 bits per heavy atom. The molecule has 1 aromatic rings. The quantitative estimate of drug-likeness (QED) is 0.804. The lowest BCUT2D eigenvalue weighted by Crippen LogP contribution is -2.30. The molecule has 1 unspecified atom stereocenters. The van der Waals surface area contributed by atoms with Crippen LogP contribution < -0.4 is 0 Å². The van der Waals surface area contributed by atoms with Crippen LogP contribution in [0.5, 0.6) is 0 Å². The van der Waals surface area contributed by atoms with Crippen LogP contribution in [-0.2, 0) is 5.41 Å². The molecule has 0 spiro atoms. The van der Waals surface area contributed by atoms with E-state index in [1.165, 1.54) is 0 Å². The fourth-order valence-electron chi connectivity index (χ4n) is 2.11. The van der Waals surface area contributed by atoms with Gasteiger partial charge in [0.15, 0.2) is 0 Å². The molecular formula is C14H19ClN2O2. The van der Waals surface area contributed by atoms with Crippen LogP contribution >= 0.6 is 11.6 Å². The van der Waals surface area contributed by atoms with Gasteiger partial charge in [0.25, 0.3) is 5.91 Å². The summed E-state index contributed by atoms with van der Waals surface area (Å²) in [7, 11) is 0. The molecule has 1 amide bonds. The molecule has 1 aromatic heterocycles. The Balaban J connectivity index is 2.29. The van der Waals surface area contributed by atoms with Crippen LogP contribution in [-0.4, -0.2) is 40.1 Å². The number of likely N-dealkylation sites (tertiary alicyclic amines) is 1. The van der Waals surface area contributed by atoms with Crippen LogP contribution in [0, 0.1) is 0 Å². The minimum absolute atomic E-state index is 0.0913. The van der Waals surface area contributed by atoms with Crippen molar-refractivity contribution in [1.29, 1.82) is 0 Å². The summed E-state index contributed by atoms with van der Waals surface area (Å²) in [5, 5.41) is 9.83. The van der Waals surface area contributed by atoms with Crippen molar-refractivity contribution >= 4 is 17.5 Å². The van der Waals surface area contributed by atoms with Crippen molar-refractivity contribution < 1.29 is 9.90 Å². The standard InChI is InChI=1S/C14H19ClN2O2/c1-14(2,3)11-6-9(7-12(15)16-11)13(19)17-5-4-10(18)8-17/h6-7,10,18H,4-5,8H2,1-3H3. The van der Waals surface area contributed by atoms with E-state index in [2.05, 4.69) is 4.98 Å². The Labute approximate surface area is 118 Å². The van der Waals surface area contributed by atoms with E-state index in [1.54, 1.807) is 17.0 Å². The van der Waals surface area contributed by atoms with Crippen LogP contribution in [0.3, 0.4) is 0 Å². The molecule has 1 fully saturated rings. The third-order valence-electron chi connectivity index (χ3n) is 3.26. The lowest BCUT2D eigenvalue weighted by atomic mass is 9.91. The van der Waals surface area contributed by atoms with Gasteiger partial charge in [0, 0.05) is 29.8 Å². The number of hydrogen-bond acceptors (Lipinski definition) is 3. The highest BCUT2D eigenvalue weighted by molar-refractivity contribution is 6.29. The minimum Gasteiger partial charge on any atom is -0.391 e. The summed E-state index contributed by atoms with van der Waals surface area (Å²) in [6.45, 7) is 7.06. The molecule has 0 bridgehead atoms. The first kappa shape index (κ1) is 14.3. The van der Waals surface area contributed by atoms with Crippen LogP contribution in [0.1, 0.15) is 43.2 Å². The van der Waals surface area contributed by atoms with Gasteiger partial charge in [-0.15, -0.1) is 0 Å². The van der Waals surface area contributed by atoms with Crippen molar-refractivity contribution in [3.05, 3.63) is 28.5 Å². The Hall–Kier alpha value is -1.13. The number of aliphatic hydroxyl groups is 1. The smallest absolute Gasteiger partial charge is 0.254 e. The van der Waals surface area contributed by atoms with Gasteiger partial charge in [-0.2, -0.15) is 0 Å². The lowest BCUT2D eigenvalue weighted by Gasteiger charge is -2.20. The Morgan fingerprint density at radius 2 is 2.16 bits per heavy atom. The van der Waals surface area contributed by atoms with Gasteiger partial charge in [0.1, 0.15) is 5.15 Å². The minimum atomic E-state index is -0.414. The third-order valence-corrected chi connectivity index (χ3v) is 3.45. The number of amides is 1. The highest BCUT2D eigenvalue weighted by Gasteiger charge is 2.27. The maximum absolute atomic E-state index is 12.4. The predicted molar refractivity (Wildman–Crippen MR) is 74.5 cm³/mol. The maximum atomic E-state index is 12.4. The topological polar surface area (TPSA) is 53.4 Å². The SMILES string of the molecule is CC(C)(C)c1cc(C(=O)N2CCC(O)C2)cc(Cl)n1. The fraction of sp³-hybridized carbons (Fsp3) is 0.571. The molecule has 2 heterocycles. The van der Waals surface area contributed by atoms with Gasteiger partial charge in [-0.1, -0.05) is 32.4 Å². The van der Waals surface area contributed by atoms with Crippen LogP contribution in [0.2, 0.25) is 5.15 Å². The molecule has 0 saturated carbocycles. The average Bonchev–Trinajstić information content (AvgIpc) is 2.73. The van der Waals surface area contributed by atoms with E-state index in [1.807, 2.05) is 20.8 Å². The molecule has 4 nitrogen and oxygen atoms in total. The van der Waals surface area contributed by atoms with Gasteiger partial charge in [-0.05, 0) is 18.6 Å². The average molecular weight is 283 g/mol. The van der Waals surface area contributed by atoms with Gasteiger partial charge >= 0.3 is 0 Å². The number of β-amino-alcohol motifs (C(OH)–C–C–N with tert-alkyl or cyclic N) is 1. The number of nitrogens with zero attached hydrogens (tertiary/aromatic N) is 2. The second-order valence-corrected chi connectivity index (χ2v) is 6.39. The summed E-state index contributed by atoms with van der Waals surface area (Å²) in [6, 6.07) is 3.38. The number of aliphatic hydroxyl groups excluding tert-OH is 1. The predicted octanol–water partition coefficient (Wildman–Crippen LogP) is 2.24. The third kappa shape index (κ3) is 3.25. The van der Waals surface area contributed by atoms with E-state index in [0.717, 1.165) is 5.69 Å². The van der Waals surface area contributed by atoms with Crippen LogP contribution in [0.15, 0.2) is 12.1 Å². The number of carbonyl (C=O) groups excluding carboxylic acids is 1. The maximum Gasteiger partial charge on any atom is 0.254 e. The van der Waals surface area contributed by atoms with E-state index in [-0.39, 0.29) is 11.3 Å². The zero-order chi connectivity index (χ0) is 14.2. The van der Waals surface area contributed by atoms with E-state index < -0.39 is 6.10 Å². The summed E-state index contributed by atoms with van der Waals surface area (Å²) in [5.41, 5.74) is 1.17. The molecule has 2 rings (SSSR count). The number of halogens is 1. The first-order valence-corrected chi connectivity index (χ1v) is 6.80. The van der Waals surface area contributed by atoms with Crippen molar-refractivity contribution in [1.82, 2.24) is 9.88 Å². The Morgan fingerprint density at radius 1 is 1.47 bits per heavy atom. The van der Waals surface area contributed by atoms with Gasteiger partial charge in [-0.3, -0.25) is 4.79 Å². The molecule has 1 N–H and O–H groups in total. The zero-order valence-corrected chi connectivity index (χ0v) is 12.2. The molecule has 19 heavy (non-hydrogen) atoms. The second kappa shape index (κ2) is 5.10. The fourth-order valence-corrected chi connectivity index (χ4v) is 2.32. The molecule has 104 valence electrons. The molecule has 1 atom stereocenters. The molecular weight excluding hydrogens is 264 g/mol. The van der Waals surface area contributed by atoms with E-state index in [9.17, 15) is 9.90 Å². The normalized spacial score (nSPS) is 19.8. The van der Waals surface area contributed by atoms with E-state index >= 15 is 0 Å². The summed E-state index contributed by atoms with van der Waals surface area (Å²) >= 11 is 6.00. The molecule has 5 heteroatoms. The van der Waals surface area contributed by atoms with E-state index in [4.69, 9.17) is 11.6 Å². The first-order valence-electron chi connectivity index (χ1n) is 6.43. The molecule has 0 aromatic carbocycles. The van der Waals surface area contributed by atoms with Crippen LogP contribution in [0.25, 0.3) is 0 Å². The number of aromatic nitrogens is 1. The lowest BCUT2D eigenvalue weighted by molar-refractivity contribution is 0.0764. The monoisotopic (exact) mass is 282 g/mol. The van der Waals surface area contributed by atoms with Crippen LogP contribution in [0.4, 0.5) is 0 Å². The van der Waals surface area contributed by atoms with E-state index in [0.29, 0.717) is 30.2 Å². The largest absolute Gasteiger partial charge is 0.391 e. The van der Waals surface area contributed by atoms with Crippen molar-refractivity contribution in [2.45, 2.75) is 38.7 Å². The molecule has 1 aliphatic heterocycles. The number of rotatable bonds is 1. The number of pyridine rings is 1. The first-order chi connectivity index (χ1) is 8.77. The highest BCUT2D eigenvalue weighted by atomic mass is 35.5. The van der Waals surface area contributed by atoms with Gasteiger partial charge in [0.05, 0.1) is 6.10 Å². The van der Waals surface area contributed by atoms with Crippen molar-refractivity contribution in [2.24, 2.45) is 0 Å². The summed E-state index contributed by atoms with van der Waals surface area (Å²) in [5.74, 6) is -0.0913.